The molecule has 4 aliphatic rings. The second-order valence-corrected chi connectivity index (χ2v) is 10.5. The van der Waals surface area contributed by atoms with Crippen molar-refractivity contribution in [3.05, 3.63) is 34.8 Å². The van der Waals surface area contributed by atoms with Gasteiger partial charge in [0.25, 0.3) is 0 Å². The zero-order valence-corrected chi connectivity index (χ0v) is 18.7. The molecule has 5 atom stereocenters. The van der Waals surface area contributed by atoms with Crippen LogP contribution in [0.1, 0.15) is 67.2 Å². The average Bonchev–Trinajstić information content (AvgIpc) is 2.63. The first-order valence-corrected chi connectivity index (χ1v) is 10.7. The molecule has 0 aromatic rings. The number of carbonyl (C=O) groups is 2. The van der Waals surface area contributed by atoms with Crippen LogP contribution in [0, 0.1) is 16.7 Å². The molecule has 0 spiro atoms. The maximum atomic E-state index is 12.3. The van der Waals surface area contributed by atoms with Gasteiger partial charge in [0.2, 0.25) is 5.78 Å². The molecule has 0 bridgehead atoms. The number of hydrogen-bond donors (Lipinski definition) is 2. The van der Waals surface area contributed by atoms with Crippen molar-refractivity contribution in [1.82, 2.24) is 0 Å². The largest absolute Gasteiger partial charge is 0.504 e. The summed E-state index contributed by atoms with van der Waals surface area (Å²) in [5, 5.41) is 22.5. The number of aliphatic hydroxyl groups excluding tert-OH is 1. The minimum Gasteiger partial charge on any atom is -0.504 e. The Kier molecular flexibility index (Phi) is 4.39. The molecular formula is C24H32O6. The van der Waals surface area contributed by atoms with Crippen molar-refractivity contribution < 1.29 is 29.3 Å². The Morgan fingerprint density at radius 1 is 1.20 bits per heavy atom. The van der Waals surface area contributed by atoms with Crippen molar-refractivity contribution in [3.8, 4) is 0 Å². The van der Waals surface area contributed by atoms with Gasteiger partial charge in [-0.15, -0.1) is 0 Å². The molecule has 2 fully saturated rings. The zero-order chi connectivity index (χ0) is 22.3. The second kappa shape index (κ2) is 6.22. The molecule has 1 aliphatic heterocycles. The number of carbonyl (C=O) groups excluding carboxylic acids is 2. The van der Waals surface area contributed by atoms with Crippen LogP contribution in [0.5, 0.6) is 0 Å². The summed E-state index contributed by atoms with van der Waals surface area (Å²) in [5.41, 5.74) is -2.06. The van der Waals surface area contributed by atoms with Gasteiger partial charge in [0.15, 0.2) is 5.76 Å². The van der Waals surface area contributed by atoms with E-state index in [-0.39, 0.29) is 29.2 Å². The Balaban J connectivity index is 1.84. The molecule has 0 aromatic heterocycles. The van der Waals surface area contributed by atoms with E-state index in [9.17, 15) is 19.8 Å². The third kappa shape index (κ3) is 2.52. The minimum absolute atomic E-state index is 0.0928. The molecule has 30 heavy (non-hydrogen) atoms. The van der Waals surface area contributed by atoms with E-state index in [1.165, 1.54) is 13.0 Å². The fourth-order valence-corrected chi connectivity index (χ4v) is 6.72. The Bertz CT molecular complexity index is 924. The Morgan fingerprint density at radius 2 is 1.87 bits per heavy atom. The van der Waals surface area contributed by atoms with E-state index in [4.69, 9.17) is 9.47 Å². The van der Waals surface area contributed by atoms with Crippen LogP contribution in [0.15, 0.2) is 34.8 Å². The van der Waals surface area contributed by atoms with E-state index in [1.54, 1.807) is 6.92 Å². The number of ketones is 1. The molecule has 6 heteroatoms. The lowest BCUT2D eigenvalue weighted by Gasteiger charge is -2.67. The van der Waals surface area contributed by atoms with Crippen LogP contribution in [-0.4, -0.2) is 39.3 Å². The Morgan fingerprint density at radius 3 is 2.50 bits per heavy atom. The van der Waals surface area contributed by atoms with E-state index < -0.39 is 22.4 Å². The summed E-state index contributed by atoms with van der Waals surface area (Å²) in [6, 6.07) is 0. The van der Waals surface area contributed by atoms with Gasteiger partial charge < -0.3 is 19.7 Å². The number of fused-ring (bicyclic) bond motifs is 4. The topological polar surface area (TPSA) is 93.1 Å². The highest BCUT2D eigenvalue weighted by molar-refractivity contribution is 6.05. The standard InChI is InChI=1S/C24H32O6/c1-13-15-12-24(28)22(5)9-8-19(29-14(2)25)21(3,4)18(22)7-10-23(24,6)30-17(15)11-16(26)20(13)27/h11-12,18-19,27-28H,7-10H2,1-6H3. The molecule has 164 valence electrons. The molecular weight excluding hydrogens is 384 g/mol. The van der Waals surface area contributed by atoms with Crippen LogP contribution in [0.3, 0.4) is 0 Å². The van der Waals surface area contributed by atoms with Crippen LogP contribution in [0.2, 0.25) is 0 Å². The van der Waals surface area contributed by atoms with Crippen LogP contribution >= 0.6 is 0 Å². The van der Waals surface area contributed by atoms with Crippen LogP contribution < -0.4 is 0 Å². The fourth-order valence-electron chi connectivity index (χ4n) is 6.72. The summed E-state index contributed by atoms with van der Waals surface area (Å²) in [6.45, 7) is 11.4. The van der Waals surface area contributed by atoms with Gasteiger partial charge in [-0.25, -0.2) is 0 Å². The molecule has 0 radical (unpaired) electrons. The summed E-state index contributed by atoms with van der Waals surface area (Å²) < 4.78 is 12.0. The van der Waals surface area contributed by atoms with Gasteiger partial charge in [-0.1, -0.05) is 20.8 Å². The predicted molar refractivity (Wildman–Crippen MR) is 110 cm³/mol. The predicted octanol–water partition coefficient (Wildman–Crippen LogP) is 3.90. The first-order chi connectivity index (χ1) is 13.8. The van der Waals surface area contributed by atoms with E-state index >= 15 is 0 Å². The summed E-state index contributed by atoms with van der Waals surface area (Å²) in [4.78, 5) is 23.8. The summed E-state index contributed by atoms with van der Waals surface area (Å²) in [6.07, 6.45) is 5.66. The van der Waals surface area contributed by atoms with E-state index in [2.05, 4.69) is 20.8 Å². The lowest BCUT2D eigenvalue weighted by Crippen LogP contribution is -2.72. The number of esters is 1. The van der Waals surface area contributed by atoms with Crippen LogP contribution in [0.25, 0.3) is 0 Å². The van der Waals surface area contributed by atoms with E-state index in [1.807, 2.05) is 13.0 Å². The van der Waals surface area contributed by atoms with Crippen molar-refractivity contribution >= 4 is 11.8 Å². The first-order valence-electron chi connectivity index (χ1n) is 10.7. The SMILES string of the molecule is CC(=O)OC1CCC2(C)C(CCC3(C)OC4=CC(=O)C(O)=C(C)C4=CC32O)C1(C)C. The highest BCUT2D eigenvalue weighted by Gasteiger charge is 2.70. The van der Waals surface area contributed by atoms with Gasteiger partial charge in [0.1, 0.15) is 23.1 Å². The fraction of sp³-hybridized carbons (Fsp3) is 0.667. The molecule has 2 N–H and O–H groups in total. The third-order valence-electron chi connectivity index (χ3n) is 8.53. The minimum atomic E-state index is -1.31. The average molecular weight is 417 g/mol. The smallest absolute Gasteiger partial charge is 0.302 e. The Hall–Kier alpha value is -2.08. The van der Waals surface area contributed by atoms with Crippen molar-refractivity contribution in [2.45, 2.75) is 84.5 Å². The lowest BCUT2D eigenvalue weighted by atomic mass is 9.42. The molecule has 6 nitrogen and oxygen atoms in total. The molecule has 1 heterocycles. The quantitative estimate of drug-likeness (QED) is 0.630. The second-order valence-electron chi connectivity index (χ2n) is 10.5. The molecule has 2 saturated carbocycles. The highest BCUT2D eigenvalue weighted by atomic mass is 16.5. The molecule has 0 aromatic carbocycles. The monoisotopic (exact) mass is 416 g/mol. The number of aliphatic hydroxyl groups is 2. The molecule has 3 aliphatic carbocycles. The lowest BCUT2D eigenvalue weighted by molar-refractivity contribution is -0.270. The molecule has 4 rings (SSSR count). The van der Waals surface area contributed by atoms with Gasteiger partial charge in [-0.3, -0.25) is 9.59 Å². The number of rotatable bonds is 1. The van der Waals surface area contributed by atoms with Crippen molar-refractivity contribution in [2.24, 2.45) is 16.7 Å². The zero-order valence-electron chi connectivity index (χ0n) is 18.7. The number of ether oxygens (including phenoxy) is 2. The van der Waals surface area contributed by atoms with Gasteiger partial charge in [-0.05, 0) is 51.5 Å². The highest BCUT2D eigenvalue weighted by Crippen LogP contribution is 2.67. The van der Waals surface area contributed by atoms with Gasteiger partial charge in [0.05, 0.1) is 0 Å². The first kappa shape index (κ1) is 21.2. The maximum absolute atomic E-state index is 12.3. The maximum Gasteiger partial charge on any atom is 0.302 e. The molecule has 5 unspecified atom stereocenters. The van der Waals surface area contributed by atoms with Gasteiger partial charge >= 0.3 is 5.97 Å². The Labute approximate surface area is 177 Å². The molecule has 0 saturated heterocycles. The normalized spacial score (nSPS) is 42.2. The molecule has 0 amide bonds. The van der Waals surface area contributed by atoms with Crippen LogP contribution in [-0.2, 0) is 19.1 Å². The van der Waals surface area contributed by atoms with Crippen molar-refractivity contribution in [3.63, 3.8) is 0 Å². The van der Waals surface area contributed by atoms with Crippen molar-refractivity contribution in [2.75, 3.05) is 0 Å². The number of allylic oxidation sites excluding steroid dienone is 2. The van der Waals surface area contributed by atoms with Gasteiger partial charge in [0, 0.05) is 35.0 Å². The van der Waals surface area contributed by atoms with E-state index in [0.717, 1.165) is 6.42 Å². The van der Waals surface area contributed by atoms with E-state index in [0.29, 0.717) is 36.2 Å². The summed E-state index contributed by atoms with van der Waals surface area (Å²) >= 11 is 0. The summed E-state index contributed by atoms with van der Waals surface area (Å²) in [5.74, 6) is -0.557. The number of hydrogen-bond acceptors (Lipinski definition) is 6. The van der Waals surface area contributed by atoms with Crippen LogP contribution in [0.4, 0.5) is 0 Å². The summed E-state index contributed by atoms with van der Waals surface area (Å²) in [7, 11) is 0. The van der Waals surface area contributed by atoms with Crippen molar-refractivity contribution in [1.29, 1.82) is 0 Å². The third-order valence-corrected chi connectivity index (χ3v) is 8.53. The van der Waals surface area contributed by atoms with Gasteiger partial charge in [-0.2, -0.15) is 0 Å².